The van der Waals surface area contributed by atoms with E-state index in [1.165, 1.54) is 45.6 Å². The minimum Gasteiger partial charge on any atom is -0.469 e. The van der Waals surface area contributed by atoms with Crippen molar-refractivity contribution in [2.24, 2.45) is 11.7 Å². The zero-order valence-corrected chi connectivity index (χ0v) is 10.4. The molecule has 2 N–H and O–H groups in total. The van der Waals surface area contributed by atoms with Crippen LogP contribution in [0.25, 0.3) is 0 Å². The van der Waals surface area contributed by atoms with E-state index < -0.39 is 0 Å². The third kappa shape index (κ3) is 5.50. The number of hydrogen-bond donors (Lipinski definition) is 1. The van der Waals surface area contributed by atoms with Gasteiger partial charge in [-0.05, 0) is 38.0 Å². The predicted octanol–water partition coefficient (Wildman–Crippen LogP) is 2.63. The Kier molecular flexibility index (Phi) is 6.46. The molecule has 94 valence electrons. The van der Waals surface area contributed by atoms with Crippen LogP contribution in [0.4, 0.5) is 0 Å². The molecule has 0 aliphatic heterocycles. The molecule has 0 aromatic rings. The average Bonchev–Trinajstić information content (AvgIpc) is 2.31. The summed E-state index contributed by atoms with van der Waals surface area (Å²) in [6, 6.07) is 0.454. The van der Waals surface area contributed by atoms with Crippen LogP contribution in [0.3, 0.4) is 0 Å². The highest BCUT2D eigenvalue weighted by Crippen LogP contribution is 2.27. The van der Waals surface area contributed by atoms with Crippen LogP contribution in [0.15, 0.2) is 0 Å². The monoisotopic (exact) mass is 227 g/mol. The van der Waals surface area contributed by atoms with Crippen LogP contribution in [-0.2, 0) is 9.53 Å². The SMILES string of the molecule is COC(=O)CCCCCC1CCC(N)CC1. The summed E-state index contributed by atoms with van der Waals surface area (Å²) in [7, 11) is 1.45. The fourth-order valence-corrected chi connectivity index (χ4v) is 2.46. The number of methoxy groups -OCH3 is 1. The Morgan fingerprint density at radius 2 is 1.88 bits per heavy atom. The van der Waals surface area contributed by atoms with E-state index in [-0.39, 0.29) is 5.97 Å². The molecule has 0 radical (unpaired) electrons. The van der Waals surface area contributed by atoms with Crippen LogP contribution in [0.5, 0.6) is 0 Å². The van der Waals surface area contributed by atoms with E-state index in [4.69, 9.17) is 5.73 Å². The molecule has 3 nitrogen and oxygen atoms in total. The zero-order chi connectivity index (χ0) is 11.8. The van der Waals surface area contributed by atoms with Gasteiger partial charge >= 0.3 is 5.97 Å². The molecule has 1 fully saturated rings. The number of rotatable bonds is 6. The highest BCUT2D eigenvalue weighted by molar-refractivity contribution is 5.68. The summed E-state index contributed by atoms with van der Waals surface area (Å²) in [5.41, 5.74) is 5.87. The molecular weight excluding hydrogens is 202 g/mol. The van der Waals surface area contributed by atoms with Crippen molar-refractivity contribution >= 4 is 5.97 Å². The molecule has 0 heterocycles. The van der Waals surface area contributed by atoms with Crippen LogP contribution >= 0.6 is 0 Å². The van der Waals surface area contributed by atoms with Crippen molar-refractivity contribution in [2.45, 2.75) is 63.8 Å². The van der Waals surface area contributed by atoms with E-state index >= 15 is 0 Å². The lowest BCUT2D eigenvalue weighted by atomic mass is 9.83. The van der Waals surface area contributed by atoms with Gasteiger partial charge in [-0.3, -0.25) is 4.79 Å². The van der Waals surface area contributed by atoms with Crippen molar-refractivity contribution in [3.8, 4) is 0 Å². The second-order valence-electron chi connectivity index (χ2n) is 4.96. The van der Waals surface area contributed by atoms with Crippen molar-refractivity contribution in [3.63, 3.8) is 0 Å². The Labute approximate surface area is 98.7 Å². The third-order valence-electron chi connectivity index (χ3n) is 3.61. The highest BCUT2D eigenvalue weighted by atomic mass is 16.5. The Hall–Kier alpha value is -0.570. The quantitative estimate of drug-likeness (QED) is 0.560. The minimum atomic E-state index is -0.0800. The maximum atomic E-state index is 10.9. The lowest BCUT2D eigenvalue weighted by Crippen LogP contribution is -2.26. The van der Waals surface area contributed by atoms with Gasteiger partial charge in [-0.25, -0.2) is 0 Å². The summed E-state index contributed by atoms with van der Waals surface area (Å²) in [6.07, 6.45) is 10.3. The van der Waals surface area contributed by atoms with Crippen molar-refractivity contribution in [1.29, 1.82) is 0 Å². The molecule has 0 aromatic carbocycles. The molecule has 0 unspecified atom stereocenters. The normalized spacial score (nSPS) is 25.4. The van der Waals surface area contributed by atoms with E-state index in [1.807, 2.05) is 0 Å². The van der Waals surface area contributed by atoms with E-state index in [0.29, 0.717) is 12.5 Å². The molecule has 16 heavy (non-hydrogen) atoms. The van der Waals surface area contributed by atoms with E-state index in [2.05, 4.69) is 4.74 Å². The molecule has 1 aliphatic rings. The molecule has 0 bridgehead atoms. The van der Waals surface area contributed by atoms with Gasteiger partial charge in [0.1, 0.15) is 0 Å². The van der Waals surface area contributed by atoms with Gasteiger partial charge in [-0.1, -0.05) is 19.3 Å². The Balaban J connectivity index is 1.93. The van der Waals surface area contributed by atoms with Gasteiger partial charge < -0.3 is 10.5 Å². The maximum Gasteiger partial charge on any atom is 0.305 e. The van der Waals surface area contributed by atoms with Gasteiger partial charge in [0.05, 0.1) is 7.11 Å². The first-order chi connectivity index (χ1) is 7.72. The summed E-state index contributed by atoms with van der Waals surface area (Å²) in [5, 5.41) is 0. The van der Waals surface area contributed by atoms with Crippen molar-refractivity contribution in [1.82, 2.24) is 0 Å². The summed E-state index contributed by atoms with van der Waals surface area (Å²) in [4.78, 5) is 10.9. The second kappa shape index (κ2) is 7.66. The summed E-state index contributed by atoms with van der Waals surface area (Å²) in [6.45, 7) is 0. The molecule has 0 saturated heterocycles. The van der Waals surface area contributed by atoms with Crippen LogP contribution in [-0.4, -0.2) is 19.1 Å². The number of ether oxygens (including phenoxy) is 1. The molecule has 0 atom stereocenters. The maximum absolute atomic E-state index is 10.9. The summed E-state index contributed by atoms with van der Waals surface area (Å²) < 4.78 is 4.61. The van der Waals surface area contributed by atoms with Crippen LogP contribution in [0, 0.1) is 5.92 Å². The van der Waals surface area contributed by atoms with Gasteiger partial charge in [0, 0.05) is 12.5 Å². The molecule has 1 saturated carbocycles. The highest BCUT2D eigenvalue weighted by Gasteiger charge is 2.17. The zero-order valence-electron chi connectivity index (χ0n) is 10.4. The van der Waals surface area contributed by atoms with Gasteiger partial charge in [0.2, 0.25) is 0 Å². The molecule has 0 aromatic heterocycles. The van der Waals surface area contributed by atoms with Crippen molar-refractivity contribution < 1.29 is 9.53 Å². The summed E-state index contributed by atoms with van der Waals surface area (Å²) >= 11 is 0. The van der Waals surface area contributed by atoms with E-state index in [0.717, 1.165) is 18.8 Å². The number of carbonyl (C=O) groups is 1. The van der Waals surface area contributed by atoms with Gasteiger partial charge in [-0.15, -0.1) is 0 Å². The standard InChI is InChI=1S/C13H25NO2/c1-16-13(15)6-4-2-3-5-11-7-9-12(14)10-8-11/h11-12H,2-10,14H2,1H3. The van der Waals surface area contributed by atoms with Crippen LogP contribution < -0.4 is 5.73 Å². The molecule has 1 rings (SSSR count). The first-order valence-electron chi connectivity index (χ1n) is 6.54. The number of hydrogen-bond acceptors (Lipinski definition) is 3. The summed E-state index contributed by atoms with van der Waals surface area (Å²) in [5.74, 6) is 0.807. The van der Waals surface area contributed by atoms with E-state index in [1.54, 1.807) is 0 Å². The predicted molar refractivity (Wildman–Crippen MR) is 65.0 cm³/mol. The first kappa shape index (κ1) is 13.5. The molecule has 3 heteroatoms. The minimum absolute atomic E-state index is 0.0800. The number of nitrogens with two attached hydrogens (primary N) is 1. The smallest absolute Gasteiger partial charge is 0.305 e. The fourth-order valence-electron chi connectivity index (χ4n) is 2.46. The number of unbranched alkanes of at least 4 members (excludes halogenated alkanes) is 2. The van der Waals surface area contributed by atoms with E-state index in [9.17, 15) is 4.79 Å². The average molecular weight is 227 g/mol. The Bertz CT molecular complexity index is 198. The molecular formula is C13H25NO2. The van der Waals surface area contributed by atoms with Crippen molar-refractivity contribution in [2.75, 3.05) is 7.11 Å². The lowest BCUT2D eigenvalue weighted by Gasteiger charge is -2.25. The molecule has 0 amide bonds. The largest absolute Gasteiger partial charge is 0.469 e. The third-order valence-corrected chi connectivity index (χ3v) is 3.61. The lowest BCUT2D eigenvalue weighted by molar-refractivity contribution is -0.140. The second-order valence-corrected chi connectivity index (χ2v) is 4.96. The van der Waals surface area contributed by atoms with Gasteiger partial charge in [0.25, 0.3) is 0 Å². The topological polar surface area (TPSA) is 52.3 Å². The molecule has 1 aliphatic carbocycles. The van der Waals surface area contributed by atoms with Gasteiger partial charge in [0.15, 0.2) is 0 Å². The first-order valence-corrected chi connectivity index (χ1v) is 6.54. The Morgan fingerprint density at radius 3 is 2.50 bits per heavy atom. The Morgan fingerprint density at radius 1 is 1.19 bits per heavy atom. The van der Waals surface area contributed by atoms with Gasteiger partial charge in [-0.2, -0.15) is 0 Å². The number of esters is 1. The van der Waals surface area contributed by atoms with Crippen molar-refractivity contribution in [3.05, 3.63) is 0 Å². The fraction of sp³-hybridized carbons (Fsp3) is 0.923. The van der Waals surface area contributed by atoms with Crippen LogP contribution in [0.2, 0.25) is 0 Å². The molecule has 0 spiro atoms. The number of carbonyl (C=O) groups excluding carboxylic acids is 1. The van der Waals surface area contributed by atoms with Crippen LogP contribution in [0.1, 0.15) is 57.8 Å².